The van der Waals surface area contributed by atoms with Crippen molar-refractivity contribution in [3.05, 3.63) is 83.0 Å². The van der Waals surface area contributed by atoms with E-state index in [0.29, 0.717) is 10.8 Å². The van der Waals surface area contributed by atoms with Crippen LogP contribution in [0.4, 0.5) is 5.13 Å². The summed E-state index contributed by atoms with van der Waals surface area (Å²) in [5.74, 6) is 1.44. The van der Waals surface area contributed by atoms with Crippen molar-refractivity contribution in [1.29, 1.82) is 0 Å². The van der Waals surface area contributed by atoms with Crippen LogP contribution in [0.15, 0.2) is 60.8 Å². The molecule has 5 rings (SSSR count). The lowest BCUT2D eigenvalue weighted by Crippen LogP contribution is -2.14. The highest BCUT2D eigenvalue weighted by atomic mass is 35.5. The molecule has 0 saturated carbocycles. The Bertz CT molecular complexity index is 1230. The molecule has 0 radical (unpaired) electrons. The quantitative estimate of drug-likeness (QED) is 0.428. The molecule has 3 aromatic heterocycles. The lowest BCUT2D eigenvalue weighted by molar-refractivity contribution is 0.826. The van der Waals surface area contributed by atoms with Gasteiger partial charge in [-0.1, -0.05) is 65.4 Å². The number of aromatic nitrogens is 6. The first-order valence-electron chi connectivity index (χ1n) is 8.98. The van der Waals surface area contributed by atoms with Crippen LogP contribution in [0.5, 0.6) is 0 Å². The Morgan fingerprint density at radius 2 is 1.86 bits per heavy atom. The van der Waals surface area contributed by atoms with Crippen molar-refractivity contribution < 1.29 is 0 Å². The van der Waals surface area contributed by atoms with Crippen LogP contribution in [0, 0.1) is 6.92 Å². The molecule has 144 valence electrons. The first kappa shape index (κ1) is 17.8. The SMILES string of the molecule is Cc1nc(C(Nc2nn3cc(-c4ccc(Cl)cc4)nc3s2)c2ccccc2)n[nH]1. The van der Waals surface area contributed by atoms with Crippen LogP contribution in [0.1, 0.15) is 23.3 Å². The summed E-state index contributed by atoms with van der Waals surface area (Å²) in [5.41, 5.74) is 2.91. The molecule has 0 aliphatic heterocycles. The van der Waals surface area contributed by atoms with Crippen molar-refractivity contribution in [3.63, 3.8) is 0 Å². The maximum Gasteiger partial charge on any atom is 0.214 e. The molecular weight excluding hydrogens is 406 g/mol. The third-order valence-electron chi connectivity index (χ3n) is 4.46. The van der Waals surface area contributed by atoms with Crippen molar-refractivity contribution >= 4 is 33.0 Å². The standard InChI is InChI=1S/C20H16ClN7S/c1-12-22-18(26-25-12)17(14-5-3-2-4-6-14)24-19-27-28-11-16(23-20(28)29-19)13-7-9-15(21)10-8-13/h2-11,17H,1H3,(H,24,27)(H,22,25,26). The van der Waals surface area contributed by atoms with E-state index >= 15 is 0 Å². The average Bonchev–Trinajstić information content (AvgIpc) is 3.42. The number of halogens is 1. The molecule has 0 fully saturated rings. The second kappa shape index (κ2) is 7.31. The smallest absolute Gasteiger partial charge is 0.214 e. The lowest BCUT2D eigenvalue weighted by atomic mass is 10.1. The molecular formula is C20H16ClN7S. The van der Waals surface area contributed by atoms with Crippen LogP contribution in [0.2, 0.25) is 5.02 Å². The van der Waals surface area contributed by atoms with Crippen LogP contribution < -0.4 is 5.32 Å². The van der Waals surface area contributed by atoms with Gasteiger partial charge in [0.15, 0.2) is 5.82 Å². The number of aromatic amines is 1. The van der Waals surface area contributed by atoms with E-state index < -0.39 is 0 Å². The topological polar surface area (TPSA) is 83.8 Å². The maximum absolute atomic E-state index is 5.97. The molecule has 9 heteroatoms. The fraction of sp³-hybridized carbons (Fsp3) is 0.100. The minimum atomic E-state index is -0.215. The minimum absolute atomic E-state index is 0.215. The number of rotatable bonds is 5. The molecule has 1 atom stereocenters. The Hall–Kier alpha value is -3.23. The van der Waals surface area contributed by atoms with E-state index in [-0.39, 0.29) is 6.04 Å². The second-order valence-corrected chi connectivity index (χ2v) is 7.93. The largest absolute Gasteiger partial charge is 0.346 e. The first-order valence-corrected chi connectivity index (χ1v) is 10.2. The molecule has 3 heterocycles. The summed E-state index contributed by atoms with van der Waals surface area (Å²) >= 11 is 7.45. The number of imidazole rings is 1. The zero-order valence-corrected chi connectivity index (χ0v) is 16.9. The van der Waals surface area contributed by atoms with Gasteiger partial charge in [-0.05, 0) is 24.6 Å². The first-order chi connectivity index (χ1) is 14.2. The van der Waals surface area contributed by atoms with Crippen LogP contribution in [-0.4, -0.2) is 29.8 Å². The second-order valence-electron chi connectivity index (χ2n) is 6.53. The predicted octanol–water partition coefficient (Wildman–Crippen LogP) is 4.74. The third-order valence-corrected chi connectivity index (χ3v) is 5.56. The molecule has 0 aliphatic rings. The Labute approximate surface area is 175 Å². The van der Waals surface area contributed by atoms with Gasteiger partial charge in [-0.2, -0.15) is 5.10 Å². The third kappa shape index (κ3) is 3.59. The normalized spacial score (nSPS) is 12.3. The summed E-state index contributed by atoms with van der Waals surface area (Å²) < 4.78 is 1.78. The summed E-state index contributed by atoms with van der Waals surface area (Å²) in [6.45, 7) is 1.88. The number of anilines is 1. The van der Waals surface area contributed by atoms with Gasteiger partial charge in [-0.25, -0.2) is 14.5 Å². The van der Waals surface area contributed by atoms with Gasteiger partial charge in [0.05, 0.1) is 11.9 Å². The van der Waals surface area contributed by atoms with E-state index in [9.17, 15) is 0 Å². The van der Waals surface area contributed by atoms with Crippen LogP contribution in [-0.2, 0) is 0 Å². The molecule has 1 unspecified atom stereocenters. The van der Waals surface area contributed by atoms with Gasteiger partial charge in [0.1, 0.15) is 11.9 Å². The van der Waals surface area contributed by atoms with E-state index in [2.05, 4.69) is 30.6 Å². The van der Waals surface area contributed by atoms with E-state index in [1.54, 1.807) is 4.52 Å². The Kier molecular flexibility index (Phi) is 4.49. The fourth-order valence-electron chi connectivity index (χ4n) is 3.07. The average molecular weight is 422 g/mol. The van der Waals surface area contributed by atoms with Crippen LogP contribution in [0.25, 0.3) is 16.2 Å². The highest BCUT2D eigenvalue weighted by Gasteiger charge is 2.20. The molecule has 0 saturated heterocycles. The molecule has 2 aromatic carbocycles. The number of aryl methyl sites for hydroxylation is 1. The Morgan fingerprint density at radius 3 is 2.55 bits per heavy atom. The van der Waals surface area contributed by atoms with Gasteiger partial charge in [-0.15, -0.1) is 5.10 Å². The van der Waals surface area contributed by atoms with Gasteiger partial charge >= 0.3 is 0 Å². The molecule has 7 nitrogen and oxygen atoms in total. The summed E-state index contributed by atoms with van der Waals surface area (Å²) in [7, 11) is 0. The molecule has 29 heavy (non-hydrogen) atoms. The number of H-pyrrole nitrogens is 1. The van der Waals surface area contributed by atoms with Crippen molar-refractivity contribution in [2.45, 2.75) is 13.0 Å². The van der Waals surface area contributed by atoms with Crippen LogP contribution >= 0.6 is 22.9 Å². The van der Waals surface area contributed by atoms with Gasteiger partial charge in [0.25, 0.3) is 0 Å². The zero-order valence-electron chi connectivity index (χ0n) is 15.4. The van der Waals surface area contributed by atoms with E-state index in [1.807, 2.05) is 67.7 Å². The van der Waals surface area contributed by atoms with Gasteiger partial charge in [-0.3, -0.25) is 5.10 Å². The predicted molar refractivity (Wildman–Crippen MR) is 114 cm³/mol. The monoisotopic (exact) mass is 421 g/mol. The number of nitrogens with one attached hydrogen (secondary N) is 2. The number of benzene rings is 2. The summed E-state index contributed by atoms with van der Waals surface area (Å²) in [6, 6.07) is 17.5. The van der Waals surface area contributed by atoms with Gasteiger partial charge in [0, 0.05) is 10.6 Å². The molecule has 0 bridgehead atoms. The number of hydrogen-bond donors (Lipinski definition) is 2. The summed E-state index contributed by atoms with van der Waals surface area (Å²) in [5, 5.41) is 16.8. The van der Waals surface area contributed by atoms with Crippen molar-refractivity contribution in [2.24, 2.45) is 0 Å². The minimum Gasteiger partial charge on any atom is -0.346 e. The lowest BCUT2D eigenvalue weighted by Gasteiger charge is -2.15. The van der Waals surface area contributed by atoms with Crippen molar-refractivity contribution in [2.75, 3.05) is 5.32 Å². The highest BCUT2D eigenvalue weighted by molar-refractivity contribution is 7.20. The van der Waals surface area contributed by atoms with Gasteiger partial charge < -0.3 is 5.32 Å². The Balaban J connectivity index is 1.46. The van der Waals surface area contributed by atoms with Crippen molar-refractivity contribution in [3.8, 4) is 11.3 Å². The maximum atomic E-state index is 5.97. The Morgan fingerprint density at radius 1 is 1.07 bits per heavy atom. The molecule has 0 amide bonds. The van der Waals surface area contributed by atoms with E-state index in [0.717, 1.165) is 32.7 Å². The highest BCUT2D eigenvalue weighted by Crippen LogP contribution is 2.29. The molecule has 0 spiro atoms. The zero-order chi connectivity index (χ0) is 19.8. The van der Waals surface area contributed by atoms with Crippen molar-refractivity contribution in [1.82, 2.24) is 29.8 Å². The fourth-order valence-corrected chi connectivity index (χ4v) is 4.01. The number of hydrogen-bond acceptors (Lipinski definition) is 6. The van der Waals surface area contributed by atoms with Gasteiger partial charge in [0.2, 0.25) is 10.1 Å². The molecule has 2 N–H and O–H groups in total. The number of nitrogens with zero attached hydrogens (tertiary/aromatic N) is 5. The van der Waals surface area contributed by atoms with E-state index in [4.69, 9.17) is 11.6 Å². The summed E-state index contributed by atoms with van der Waals surface area (Å²) in [6.07, 6.45) is 1.91. The molecule has 5 aromatic rings. The molecule has 0 aliphatic carbocycles. The van der Waals surface area contributed by atoms with Crippen LogP contribution in [0.3, 0.4) is 0 Å². The van der Waals surface area contributed by atoms with E-state index in [1.165, 1.54) is 11.3 Å². The summed E-state index contributed by atoms with van der Waals surface area (Å²) in [4.78, 5) is 9.99. The number of fused-ring (bicyclic) bond motifs is 1.